The molecule has 6 heteroatoms. The van der Waals surface area contributed by atoms with Crippen LogP contribution in [-0.4, -0.2) is 29.6 Å². The number of rotatable bonds is 4. The highest BCUT2D eigenvalue weighted by Gasteiger charge is 2.33. The minimum atomic E-state index is -0.177. The van der Waals surface area contributed by atoms with Crippen LogP contribution in [0.3, 0.4) is 0 Å². The number of aromatic nitrogens is 1. The topological polar surface area (TPSA) is 67.6 Å². The van der Waals surface area contributed by atoms with Gasteiger partial charge in [-0.1, -0.05) is 24.3 Å². The molecule has 33 heavy (non-hydrogen) atoms. The Balaban J connectivity index is 1.39. The van der Waals surface area contributed by atoms with E-state index < -0.39 is 0 Å². The van der Waals surface area contributed by atoms with E-state index >= 15 is 0 Å². The summed E-state index contributed by atoms with van der Waals surface area (Å²) in [5.74, 6) is 1.39. The Labute approximate surface area is 193 Å². The monoisotopic (exact) mass is 441 g/mol. The van der Waals surface area contributed by atoms with Crippen molar-refractivity contribution in [3.63, 3.8) is 0 Å². The van der Waals surface area contributed by atoms with E-state index in [1.54, 1.807) is 7.11 Å². The zero-order valence-corrected chi connectivity index (χ0v) is 19.1. The summed E-state index contributed by atoms with van der Waals surface area (Å²) in [5, 5.41) is 3.03. The first-order valence-corrected chi connectivity index (χ1v) is 11.2. The number of hydrogen-bond donors (Lipinski definition) is 1. The lowest BCUT2D eigenvalue weighted by Crippen LogP contribution is -2.34. The smallest absolute Gasteiger partial charge is 0.322 e. The van der Waals surface area contributed by atoms with Gasteiger partial charge >= 0.3 is 6.03 Å². The predicted molar refractivity (Wildman–Crippen MR) is 130 cm³/mol. The Morgan fingerprint density at radius 3 is 2.73 bits per heavy atom. The van der Waals surface area contributed by atoms with Gasteiger partial charge in [-0.3, -0.25) is 0 Å². The van der Waals surface area contributed by atoms with Crippen LogP contribution in [0.15, 0.2) is 65.1 Å². The van der Waals surface area contributed by atoms with Crippen molar-refractivity contribution >= 4 is 22.8 Å². The number of hydrogen-bond acceptors (Lipinski definition) is 4. The van der Waals surface area contributed by atoms with E-state index in [4.69, 9.17) is 14.1 Å². The second-order valence-electron chi connectivity index (χ2n) is 8.55. The van der Waals surface area contributed by atoms with Crippen molar-refractivity contribution in [3.8, 4) is 16.9 Å². The number of anilines is 1. The molecule has 5 rings (SSSR count). The highest BCUT2D eigenvalue weighted by atomic mass is 16.5. The average molecular weight is 442 g/mol. The molecule has 1 saturated heterocycles. The highest BCUT2D eigenvalue weighted by molar-refractivity contribution is 5.90. The summed E-state index contributed by atoms with van der Waals surface area (Å²) in [6, 6.07) is 19.6. The number of ether oxygens (including phenoxy) is 1. The van der Waals surface area contributed by atoms with Crippen molar-refractivity contribution in [2.24, 2.45) is 0 Å². The molecule has 0 spiro atoms. The quantitative estimate of drug-likeness (QED) is 0.393. The van der Waals surface area contributed by atoms with E-state index in [-0.39, 0.29) is 12.1 Å². The molecule has 1 fully saturated rings. The molecule has 2 amide bonds. The van der Waals surface area contributed by atoms with Gasteiger partial charge in [-0.05, 0) is 85.3 Å². The summed E-state index contributed by atoms with van der Waals surface area (Å²) in [4.78, 5) is 19.6. The largest absolute Gasteiger partial charge is 0.497 e. The number of amides is 2. The number of oxazole rings is 1. The third kappa shape index (κ3) is 4.16. The average Bonchev–Trinajstić information content (AvgIpc) is 3.48. The third-order valence-corrected chi connectivity index (χ3v) is 6.36. The molecule has 0 radical (unpaired) electrons. The van der Waals surface area contributed by atoms with Crippen molar-refractivity contribution in [2.45, 2.75) is 32.7 Å². The van der Waals surface area contributed by atoms with E-state index in [0.29, 0.717) is 12.4 Å². The Morgan fingerprint density at radius 2 is 1.91 bits per heavy atom. The van der Waals surface area contributed by atoms with Crippen LogP contribution in [0.25, 0.3) is 22.2 Å². The number of fused-ring (bicyclic) bond motifs is 1. The SMILES string of the molecule is COc1cccc(-c2ccc3oc([C@@H]4CCCN4C(=O)Nc4ccc(C)c(C)c4)nc3c2)c1. The van der Waals surface area contributed by atoms with Crippen molar-refractivity contribution in [1.29, 1.82) is 0 Å². The Hall–Kier alpha value is -3.80. The van der Waals surface area contributed by atoms with Crippen molar-refractivity contribution in [2.75, 3.05) is 19.0 Å². The molecule has 0 bridgehead atoms. The van der Waals surface area contributed by atoms with Crippen LogP contribution in [0, 0.1) is 13.8 Å². The van der Waals surface area contributed by atoms with Crippen LogP contribution in [-0.2, 0) is 0 Å². The van der Waals surface area contributed by atoms with Gasteiger partial charge in [-0.2, -0.15) is 0 Å². The van der Waals surface area contributed by atoms with Gasteiger partial charge in [0.1, 0.15) is 17.3 Å². The molecule has 1 atom stereocenters. The highest BCUT2D eigenvalue weighted by Crippen LogP contribution is 2.35. The van der Waals surface area contributed by atoms with Gasteiger partial charge in [-0.25, -0.2) is 9.78 Å². The van der Waals surface area contributed by atoms with Gasteiger partial charge in [-0.15, -0.1) is 0 Å². The maximum Gasteiger partial charge on any atom is 0.322 e. The molecule has 1 N–H and O–H groups in total. The molecule has 2 heterocycles. The van der Waals surface area contributed by atoms with Gasteiger partial charge < -0.3 is 19.4 Å². The van der Waals surface area contributed by atoms with E-state index in [0.717, 1.165) is 52.1 Å². The maximum absolute atomic E-state index is 13.0. The standard InChI is InChI=1S/C27H27N3O3/c1-17-9-11-21(14-18(17)2)28-27(31)30-13-5-8-24(30)26-29-23-16-20(10-12-25(23)33-26)19-6-4-7-22(15-19)32-3/h4,6-7,9-12,14-16,24H,5,8,13H2,1-3H3,(H,28,31)/t24-/m0/s1. The lowest BCUT2D eigenvalue weighted by atomic mass is 10.1. The van der Waals surface area contributed by atoms with Crippen molar-refractivity contribution in [3.05, 3.63) is 77.7 Å². The molecule has 1 aliphatic rings. The number of nitrogens with zero attached hydrogens (tertiary/aromatic N) is 2. The fraction of sp³-hybridized carbons (Fsp3) is 0.259. The summed E-state index contributed by atoms with van der Waals surface area (Å²) in [7, 11) is 1.66. The summed E-state index contributed by atoms with van der Waals surface area (Å²) in [5.41, 5.74) is 6.75. The van der Waals surface area contributed by atoms with Crippen LogP contribution in [0.2, 0.25) is 0 Å². The maximum atomic E-state index is 13.0. The predicted octanol–water partition coefficient (Wildman–Crippen LogP) is 6.49. The van der Waals surface area contributed by atoms with Gasteiger partial charge in [0.15, 0.2) is 5.58 Å². The van der Waals surface area contributed by atoms with Crippen LogP contribution < -0.4 is 10.1 Å². The first-order valence-electron chi connectivity index (χ1n) is 11.2. The molecule has 6 nitrogen and oxygen atoms in total. The van der Waals surface area contributed by atoms with Crippen LogP contribution in [0.1, 0.15) is 35.9 Å². The van der Waals surface area contributed by atoms with E-state index in [1.165, 1.54) is 5.56 Å². The summed E-state index contributed by atoms with van der Waals surface area (Å²) < 4.78 is 11.4. The molecule has 0 saturated carbocycles. The molecular weight excluding hydrogens is 414 g/mol. The fourth-order valence-electron chi connectivity index (χ4n) is 4.35. The van der Waals surface area contributed by atoms with Crippen molar-refractivity contribution < 1.29 is 13.9 Å². The third-order valence-electron chi connectivity index (χ3n) is 6.36. The minimum absolute atomic E-state index is 0.125. The fourth-order valence-corrected chi connectivity index (χ4v) is 4.35. The zero-order valence-electron chi connectivity index (χ0n) is 19.1. The summed E-state index contributed by atoms with van der Waals surface area (Å²) in [6.07, 6.45) is 1.74. The zero-order chi connectivity index (χ0) is 22.9. The normalized spacial score (nSPS) is 15.7. The minimum Gasteiger partial charge on any atom is -0.497 e. The molecule has 0 aliphatic carbocycles. The van der Waals surface area contributed by atoms with Gasteiger partial charge in [0.05, 0.1) is 7.11 Å². The Morgan fingerprint density at radius 1 is 1.06 bits per heavy atom. The van der Waals surface area contributed by atoms with Crippen LogP contribution in [0.5, 0.6) is 5.75 Å². The summed E-state index contributed by atoms with van der Waals surface area (Å²) >= 11 is 0. The number of carbonyl (C=O) groups excluding carboxylic acids is 1. The first kappa shape index (κ1) is 21.1. The Bertz CT molecular complexity index is 1330. The Kier molecular flexibility index (Phi) is 5.50. The van der Waals surface area contributed by atoms with Gasteiger partial charge in [0, 0.05) is 12.2 Å². The number of aryl methyl sites for hydroxylation is 2. The molecule has 0 unspecified atom stereocenters. The second-order valence-corrected chi connectivity index (χ2v) is 8.55. The van der Waals surface area contributed by atoms with Crippen LogP contribution >= 0.6 is 0 Å². The van der Waals surface area contributed by atoms with Gasteiger partial charge in [0.25, 0.3) is 0 Å². The first-order chi connectivity index (χ1) is 16.0. The molecule has 168 valence electrons. The van der Waals surface area contributed by atoms with E-state index in [9.17, 15) is 4.79 Å². The lowest BCUT2D eigenvalue weighted by molar-refractivity contribution is 0.199. The molecule has 1 aromatic heterocycles. The second kappa shape index (κ2) is 8.62. The number of carbonyl (C=O) groups is 1. The number of benzene rings is 3. The number of likely N-dealkylation sites (tertiary alicyclic amines) is 1. The van der Waals surface area contributed by atoms with Crippen LogP contribution in [0.4, 0.5) is 10.5 Å². The summed E-state index contributed by atoms with van der Waals surface area (Å²) in [6.45, 7) is 4.78. The molecule has 1 aliphatic heterocycles. The molecule has 3 aromatic carbocycles. The van der Waals surface area contributed by atoms with Gasteiger partial charge in [0.2, 0.25) is 5.89 Å². The molecular formula is C27H27N3O3. The van der Waals surface area contributed by atoms with E-state index in [2.05, 4.69) is 12.2 Å². The number of urea groups is 1. The van der Waals surface area contributed by atoms with E-state index in [1.807, 2.05) is 72.5 Å². The lowest BCUT2D eigenvalue weighted by Gasteiger charge is -2.22. The molecule has 4 aromatic rings. The van der Waals surface area contributed by atoms with Crippen molar-refractivity contribution in [1.82, 2.24) is 9.88 Å². The number of nitrogens with one attached hydrogen (secondary N) is 1. The number of methoxy groups -OCH3 is 1.